The average molecular weight is 705 g/mol. The molecule has 2 amide bonds. The van der Waals surface area contributed by atoms with Gasteiger partial charge in [0.25, 0.3) is 5.91 Å². The van der Waals surface area contributed by atoms with Crippen molar-refractivity contribution in [1.29, 1.82) is 0 Å². The quantitative estimate of drug-likeness (QED) is 0.197. The monoisotopic (exact) mass is 703 g/mol. The van der Waals surface area contributed by atoms with E-state index in [-0.39, 0.29) is 25.7 Å². The number of carbonyl (C=O) groups excluding carboxylic acids is 2. The number of halogens is 2. The fourth-order valence-corrected chi connectivity index (χ4v) is 7.29. The number of hydrogen-bond acceptors (Lipinski definition) is 7. The fraction of sp³-hybridized carbons (Fsp3) is 0.378. The molecule has 1 saturated carbocycles. The molecule has 1 aliphatic carbocycles. The molecule has 2 atom stereocenters. The highest BCUT2D eigenvalue weighted by Crippen LogP contribution is 2.57. The Morgan fingerprint density at radius 3 is 2.65 bits per heavy atom. The van der Waals surface area contributed by atoms with E-state index in [1.54, 1.807) is 21.9 Å². The van der Waals surface area contributed by atoms with Crippen molar-refractivity contribution in [2.24, 2.45) is 11.7 Å². The Kier molecular flexibility index (Phi) is 9.32. The standard InChI is InChI=1S/C37H39Cl2N5O5/c1-23-30(38)5-3-7-33(23)48-14-15-49-36(46)44-21-25-17-29(25)34-28(4-2-6-32(34)44)27-18-41-43(20-27)19-26-16-24(8-9-31(26)39)35(45)42-12-10-37(47,22-40)11-13-42/h2-9,16,18,20,25,29,47H,10-15,17,19,21-22,40H2,1H3/t25-,29-/m0/s1. The van der Waals surface area contributed by atoms with Crippen molar-refractivity contribution >= 4 is 40.9 Å². The molecule has 0 radical (unpaired) electrons. The number of benzene rings is 3. The molecule has 0 unspecified atom stereocenters. The van der Waals surface area contributed by atoms with Crippen molar-refractivity contribution in [1.82, 2.24) is 14.7 Å². The van der Waals surface area contributed by atoms with Crippen LogP contribution in [0.2, 0.25) is 10.0 Å². The molecule has 2 aliphatic heterocycles. The predicted molar refractivity (Wildman–Crippen MR) is 189 cm³/mol. The van der Waals surface area contributed by atoms with Gasteiger partial charge < -0.3 is 25.2 Å². The van der Waals surface area contributed by atoms with Gasteiger partial charge in [0, 0.05) is 59.1 Å². The molecule has 3 aliphatic rings. The molecule has 0 spiro atoms. The maximum atomic E-state index is 13.3. The molecule has 3 aromatic carbocycles. The highest BCUT2D eigenvalue weighted by molar-refractivity contribution is 6.31. The lowest BCUT2D eigenvalue weighted by molar-refractivity contribution is -0.00952. The Morgan fingerprint density at radius 1 is 1.06 bits per heavy atom. The highest BCUT2D eigenvalue weighted by Gasteiger charge is 2.48. The van der Waals surface area contributed by atoms with Gasteiger partial charge >= 0.3 is 6.09 Å². The van der Waals surface area contributed by atoms with Gasteiger partial charge in [-0.15, -0.1) is 0 Å². The van der Waals surface area contributed by atoms with Gasteiger partial charge in [0.1, 0.15) is 19.0 Å². The zero-order valence-electron chi connectivity index (χ0n) is 27.3. The van der Waals surface area contributed by atoms with Gasteiger partial charge in [0.05, 0.1) is 24.0 Å². The van der Waals surface area contributed by atoms with Crippen LogP contribution in [0, 0.1) is 12.8 Å². The minimum absolute atomic E-state index is 0.0974. The first-order chi connectivity index (χ1) is 23.6. The van der Waals surface area contributed by atoms with E-state index in [0.717, 1.165) is 39.9 Å². The maximum absolute atomic E-state index is 13.3. The molecule has 12 heteroatoms. The molecule has 4 aromatic rings. The summed E-state index contributed by atoms with van der Waals surface area (Å²) >= 11 is 12.8. The molecule has 10 nitrogen and oxygen atoms in total. The van der Waals surface area contributed by atoms with Crippen LogP contribution in [-0.2, 0) is 11.3 Å². The summed E-state index contributed by atoms with van der Waals surface area (Å²) in [6.45, 7) is 4.30. The van der Waals surface area contributed by atoms with Crippen LogP contribution in [-0.4, -0.2) is 76.8 Å². The number of nitrogens with zero attached hydrogens (tertiary/aromatic N) is 4. The first-order valence-electron chi connectivity index (χ1n) is 16.6. The van der Waals surface area contributed by atoms with E-state index in [1.165, 1.54) is 0 Å². The number of ether oxygens (including phenoxy) is 2. The first kappa shape index (κ1) is 33.4. The summed E-state index contributed by atoms with van der Waals surface area (Å²) in [6, 6.07) is 16.8. The summed E-state index contributed by atoms with van der Waals surface area (Å²) in [5.74, 6) is 1.33. The van der Waals surface area contributed by atoms with Crippen LogP contribution in [0.25, 0.3) is 11.1 Å². The number of aromatic nitrogens is 2. The summed E-state index contributed by atoms with van der Waals surface area (Å²) in [5.41, 5.74) is 10.9. The second-order valence-electron chi connectivity index (χ2n) is 13.2. The lowest BCUT2D eigenvalue weighted by Gasteiger charge is -2.37. The smallest absolute Gasteiger partial charge is 0.414 e. The highest BCUT2D eigenvalue weighted by atomic mass is 35.5. The number of anilines is 1. The Balaban J connectivity index is 1.03. The van der Waals surface area contributed by atoms with Crippen molar-refractivity contribution < 1.29 is 24.2 Å². The third-order valence-electron chi connectivity index (χ3n) is 10.0. The van der Waals surface area contributed by atoms with Crippen molar-refractivity contribution in [2.45, 2.75) is 44.2 Å². The number of amides is 2. The molecule has 7 rings (SSSR count). The van der Waals surface area contributed by atoms with Crippen LogP contribution < -0.4 is 15.4 Å². The molecule has 3 heterocycles. The third kappa shape index (κ3) is 6.88. The second-order valence-corrected chi connectivity index (χ2v) is 14.0. The van der Waals surface area contributed by atoms with E-state index in [9.17, 15) is 14.7 Å². The molecule has 1 aromatic heterocycles. The zero-order chi connectivity index (χ0) is 34.3. The Hall–Kier alpha value is -4.09. The van der Waals surface area contributed by atoms with E-state index in [2.05, 4.69) is 11.2 Å². The molecule has 2 fully saturated rings. The number of carbonyl (C=O) groups is 2. The van der Waals surface area contributed by atoms with Crippen LogP contribution in [0.5, 0.6) is 5.75 Å². The molecule has 256 valence electrons. The lowest BCUT2D eigenvalue weighted by Crippen LogP contribution is -2.50. The molecule has 49 heavy (non-hydrogen) atoms. The van der Waals surface area contributed by atoms with Crippen molar-refractivity contribution in [2.75, 3.05) is 44.3 Å². The Morgan fingerprint density at radius 2 is 1.86 bits per heavy atom. The Labute approximate surface area is 295 Å². The summed E-state index contributed by atoms with van der Waals surface area (Å²) < 4.78 is 13.3. The number of likely N-dealkylation sites (tertiary alicyclic amines) is 1. The van der Waals surface area contributed by atoms with Gasteiger partial charge in [0.2, 0.25) is 0 Å². The van der Waals surface area contributed by atoms with E-state index in [1.807, 2.05) is 60.4 Å². The molecular formula is C37H39Cl2N5O5. The van der Waals surface area contributed by atoms with Crippen LogP contribution in [0.3, 0.4) is 0 Å². The van der Waals surface area contributed by atoms with E-state index < -0.39 is 11.7 Å². The van der Waals surface area contributed by atoms with Gasteiger partial charge in [-0.3, -0.25) is 14.4 Å². The molecule has 3 N–H and O–H groups in total. The van der Waals surface area contributed by atoms with Crippen molar-refractivity contribution in [3.8, 4) is 16.9 Å². The summed E-state index contributed by atoms with van der Waals surface area (Å²) in [6.07, 6.45) is 5.33. The van der Waals surface area contributed by atoms with E-state index in [4.69, 9.17) is 38.4 Å². The SMILES string of the molecule is Cc1c(Cl)cccc1OCCOC(=O)N1C[C@@H]2C[C@@H]2c2c(-c3cnn(Cc4cc(C(=O)N5CCC(O)(CN)CC5)ccc4Cl)c3)cccc21. The predicted octanol–water partition coefficient (Wildman–Crippen LogP) is 6.28. The van der Waals surface area contributed by atoms with Crippen molar-refractivity contribution in [3.63, 3.8) is 0 Å². The number of nitrogens with two attached hydrogens (primary N) is 1. The number of aliphatic hydroxyl groups is 1. The summed E-state index contributed by atoms with van der Waals surface area (Å²) in [4.78, 5) is 30.1. The average Bonchev–Trinajstić information content (AvgIpc) is 3.76. The van der Waals surface area contributed by atoms with Gasteiger partial charge in [-0.25, -0.2) is 4.79 Å². The molecule has 1 saturated heterocycles. The third-order valence-corrected chi connectivity index (χ3v) is 10.8. The van der Waals surface area contributed by atoms with Crippen LogP contribution >= 0.6 is 23.2 Å². The van der Waals surface area contributed by atoms with Gasteiger partial charge in [-0.05, 0) is 91.1 Å². The summed E-state index contributed by atoms with van der Waals surface area (Å²) in [7, 11) is 0. The Bertz CT molecular complexity index is 1890. The maximum Gasteiger partial charge on any atom is 0.414 e. The number of rotatable bonds is 9. The topological polar surface area (TPSA) is 123 Å². The molecule has 0 bridgehead atoms. The summed E-state index contributed by atoms with van der Waals surface area (Å²) in [5, 5.41) is 16.3. The number of fused-ring (bicyclic) bond motifs is 3. The second kappa shape index (κ2) is 13.7. The van der Waals surface area contributed by atoms with Crippen LogP contribution in [0.1, 0.15) is 52.2 Å². The van der Waals surface area contributed by atoms with Gasteiger partial charge in [-0.1, -0.05) is 41.4 Å². The fourth-order valence-electron chi connectivity index (χ4n) is 6.95. The van der Waals surface area contributed by atoms with Crippen LogP contribution in [0.15, 0.2) is 67.0 Å². The largest absolute Gasteiger partial charge is 0.490 e. The first-order valence-corrected chi connectivity index (χ1v) is 17.4. The number of hydrogen-bond donors (Lipinski definition) is 2. The van der Waals surface area contributed by atoms with E-state index >= 15 is 0 Å². The number of piperidine rings is 1. The van der Waals surface area contributed by atoms with E-state index in [0.29, 0.717) is 72.2 Å². The molecular weight excluding hydrogens is 665 g/mol. The van der Waals surface area contributed by atoms with Crippen LogP contribution in [0.4, 0.5) is 10.5 Å². The zero-order valence-corrected chi connectivity index (χ0v) is 28.8. The van der Waals surface area contributed by atoms with Crippen molar-refractivity contribution in [3.05, 3.63) is 99.3 Å². The lowest BCUT2D eigenvalue weighted by atomic mass is 9.91. The van der Waals surface area contributed by atoms with Gasteiger partial charge in [0.15, 0.2) is 0 Å². The normalized spacial score (nSPS) is 19.2. The minimum atomic E-state index is -0.910. The van der Waals surface area contributed by atoms with Gasteiger partial charge in [-0.2, -0.15) is 5.10 Å². The minimum Gasteiger partial charge on any atom is -0.490 e.